The Hall–Kier alpha value is -3.80. The highest BCUT2D eigenvalue weighted by molar-refractivity contribution is 5.97. The quantitative estimate of drug-likeness (QED) is 0.315. The molecule has 3 aromatic carbocycles. The maximum atomic E-state index is 12.6. The number of unbranched alkanes of at least 4 members (excludes halogenated alkanes) is 3. The van der Waals surface area contributed by atoms with Crippen molar-refractivity contribution in [2.75, 3.05) is 13.2 Å². The van der Waals surface area contributed by atoms with E-state index in [9.17, 15) is 9.59 Å². The molecule has 0 aliphatic heterocycles. The first-order valence-electron chi connectivity index (χ1n) is 11.3. The number of rotatable bonds is 11. The van der Waals surface area contributed by atoms with Gasteiger partial charge in [0, 0.05) is 5.56 Å². The minimum absolute atomic E-state index is 0.236. The molecule has 3 aromatic rings. The molecular formula is C27H30N2O4. The first kappa shape index (κ1) is 23.9. The smallest absolute Gasteiger partial charge is 0.276 e. The first-order chi connectivity index (χ1) is 16.2. The van der Waals surface area contributed by atoms with E-state index in [1.54, 1.807) is 18.2 Å². The second kappa shape index (κ2) is 12.9. The Balaban J connectivity index is 1.51. The van der Waals surface area contributed by atoms with Crippen LogP contribution in [0.3, 0.4) is 0 Å². The van der Waals surface area contributed by atoms with Crippen LogP contribution >= 0.6 is 0 Å². The fourth-order valence-corrected chi connectivity index (χ4v) is 3.31. The summed E-state index contributed by atoms with van der Waals surface area (Å²) in [6.45, 7) is 2.47. The predicted octanol–water partition coefficient (Wildman–Crippen LogP) is 5.15. The molecule has 0 heterocycles. The lowest BCUT2D eigenvalue weighted by atomic mass is 10.1. The molecule has 0 saturated heterocycles. The van der Waals surface area contributed by atoms with Gasteiger partial charge in [-0.05, 0) is 30.2 Å². The average molecular weight is 447 g/mol. The lowest BCUT2D eigenvalue weighted by Crippen LogP contribution is -2.44. The third kappa shape index (κ3) is 7.38. The van der Waals surface area contributed by atoms with E-state index in [4.69, 9.17) is 9.47 Å². The van der Waals surface area contributed by atoms with Crippen molar-refractivity contribution >= 4 is 11.8 Å². The Kier molecular flexibility index (Phi) is 9.33. The molecule has 0 spiro atoms. The topological polar surface area (TPSA) is 76.7 Å². The maximum absolute atomic E-state index is 12.6. The summed E-state index contributed by atoms with van der Waals surface area (Å²) in [7, 11) is 0. The molecule has 0 aliphatic carbocycles. The molecule has 0 unspecified atom stereocenters. The third-order valence-electron chi connectivity index (χ3n) is 5.03. The number of para-hydroxylation sites is 2. The van der Waals surface area contributed by atoms with Crippen molar-refractivity contribution in [3.63, 3.8) is 0 Å². The van der Waals surface area contributed by atoms with Gasteiger partial charge in [0.1, 0.15) is 11.5 Å². The molecule has 6 heteroatoms. The van der Waals surface area contributed by atoms with Crippen molar-refractivity contribution < 1.29 is 19.1 Å². The van der Waals surface area contributed by atoms with E-state index in [1.165, 1.54) is 0 Å². The van der Waals surface area contributed by atoms with Crippen LogP contribution in [0, 0.1) is 0 Å². The number of carbonyl (C=O) groups excluding carboxylic acids is 2. The number of carbonyl (C=O) groups is 2. The minimum Gasteiger partial charge on any atom is -0.493 e. The van der Waals surface area contributed by atoms with Crippen molar-refractivity contribution in [3.8, 4) is 22.6 Å². The average Bonchev–Trinajstić information content (AvgIpc) is 2.87. The zero-order valence-electron chi connectivity index (χ0n) is 18.9. The third-order valence-corrected chi connectivity index (χ3v) is 5.03. The summed E-state index contributed by atoms with van der Waals surface area (Å²) in [6, 6.07) is 24.3. The molecule has 0 radical (unpaired) electrons. The Labute approximate surface area is 194 Å². The number of benzene rings is 3. The van der Waals surface area contributed by atoms with Crippen LogP contribution in [0.15, 0.2) is 78.9 Å². The van der Waals surface area contributed by atoms with E-state index in [0.717, 1.165) is 36.8 Å². The summed E-state index contributed by atoms with van der Waals surface area (Å²) in [5.74, 6) is 0.169. The molecule has 33 heavy (non-hydrogen) atoms. The summed E-state index contributed by atoms with van der Waals surface area (Å²) >= 11 is 0. The molecule has 6 nitrogen and oxygen atoms in total. The number of hydrazine groups is 1. The number of nitrogens with one attached hydrogen (secondary N) is 2. The highest BCUT2D eigenvalue weighted by Crippen LogP contribution is 2.29. The van der Waals surface area contributed by atoms with Crippen LogP contribution in [0.5, 0.6) is 11.5 Å². The van der Waals surface area contributed by atoms with Crippen molar-refractivity contribution in [3.05, 3.63) is 84.4 Å². The van der Waals surface area contributed by atoms with Crippen LogP contribution in [0.2, 0.25) is 0 Å². The second-order valence-corrected chi connectivity index (χ2v) is 7.56. The van der Waals surface area contributed by atoms with Gasteiger partial charge in [-0.2, -0.15) is 0 Å². The van der Waals surface area contributed by atoms with Gasteiger partial charge in [-0.15, -0.1) is 0 Å². The Bertz CT molecular complexity index is 1040. The van der Waals surface area contributed by atoms with Gasteiger partial charge in [0.05, 0.1) is 12.2 Å². The first-order valence-corrected chi connectivity index (χ1v) is 11.3. The zero-order valence-corrected chi connectivity index (χ0v) is 18.9. The van der Waals surface area contributed by atoms with Gasteiger partial charge in [-0.1, -0.05) is 86.8 Å². The molecule has 3 rings (SSSR count). The fraction of sp³-hybridized carbons (Fsp3) is 0.259. The Morgan fingerprint density at radius 3 is 2.21 bits per heavy atom. The molecule has 0 saturated carbocycles. The van der Waals surface area contributed by atoms with Gasteiger partial charge < -0.3 is 9.47 Å². The van der Waals surface area contributed by atoms with Gasteiger partial charge in [-0.3, -0.25) is 20.4 Å². The summed E-state index contributed by atoms with van der Waals surface area (Å²) in [5, 5.41) is 0. The lowest BCUT2D eigenvalue weighted by Gasteiger charge is -2.13. The van der Waals surface area contributed by atoms with Crippen molar-refractivity contribution in [1.82, 2.24) is 10.9 Å². The van der Waals surface area contributed by atoms with Crippen LogP contribution in [0.4, 0.5) is 0 Å². The number of ether oxygens (including phenoxy) is 2. The van der Waals surface area contributed by atoms with Crippen molar-refractivity contribution in [1.29, 1.82) is 0 Å². The highest BCUT2D eigenvalue weighted by atomic mass is 16.5. The highest BCUT2D eigenvalue weighted by Gasteiger charge is 2.14. The zero-order chi connectivity index (χ0) is 23.3. The SMILES string of the molecule is CCCCCCOc1ccccc1C(=O)NNC(=O)COc1ccccc1-c1ccccc1. The van der Waals surface area contributed by atoms with E-state index in [1.807, 2.05) is 60.7 Å². The van der Waals surface area contributed by atoms with Crippen LogP contribution in [0.1, 0.15) is 43.0 Å². The minimum atomic E-state index is -0.468. The van der Waals surface area contributed by atoms with Gasteiger partial charge >= 0.3 is 0 Å². The van der Waals surface area contributed by atoms with E-state index >= 15 is 0 Å². The van der Waals surface area contributed by atoms with Crippen molar-refractivity contribution in [2.45, 2.75) is 32.6 Å². The molecule has 172 valence electrons. The van der Waals surface area contributed by atoms with Gasteiger partial charge in [0.25, 0.3) is 11.8 Å². The molecule has 0 atom stereocenters. The van der Waals surface area contributed by atoms with Crippen LogP contribution < -0.4 is 20.3 Å². The normalized spacial score (nSPS) is 10.3. The lowest BCUT2D eigenvalue weighted by molar-refractivity contribution is -0.123. The van der Waals surface area contributed by atoms with Crippen LogP contribution in [-0.2, 0) is 4.79 Å². The second-order valence-electron chi connectivity index (χ2n) is 7.56. The number of amides is 2. The van der Waals surface area contributed by atoms with E-state index in [0.29, 0.717) is 23.7 Å². The predicted molar refractivity (Wildman–Crippen MR) is 129 cm³/mol. The molecule has 0 fully saturated rings. The van der Waals surface area contributed by atoms with Crippen molar-refractivity contribution in [2.24, 2.45) is 0 Å². The van der Waals surface area contributed by atoms with E-state index in [-0.39, 0.29) is 6.61 Å². The summed E-state index contributed by atoms with van der Waals surface area (Å²) in [5.41, 5.74) is 7.08. The van der Waals surface area contributed by atoms with Gasteiger partial charge in [0.2, 0.25) is 0 Å². The molecular weight excluding hydrogens is 416 g/mol. The van der Waals surface area contributed by atoms with E-state index in [2.05, 4.69) is 17.8 Å². The molecule has 2 amide bonds. The summed E-state index contributed by atoms with van der Waals surface area (Å²) in [6.07, 6.45) is 4.34. The summed E-state index contributed by atoms with van der Waals surface area (Å²) in [4.78, 5) is 24.8. The molecule has 0 aromatic heterocycles. The van der Waals surface area contributed by atoms with Crippen LogP contribution in [-0.4, -0.2) is 25.0 Å². The van der Waals surface area contributed by atoms with Gasteiger partial charge in [0.15, 0.2) is 6.61 Å². The largest absolute Gasteiger partial charge is 0.493 e. The molecule has 0 bridgehead atoms. The molecule has 0 aliphatic rings. The Morgan fingerprint density at radius 1 is 0.727 bits per heavy atom. The molecule has 2 N–H and O–H groups in total. The fourth-order valence-electron chi connectivity index (χ4n) is 3.31. The summed E-state index contributed by atoms with van der Waals surface area (Å²) < 4.78 is 11.5. The maximum Gasteiger partial charge on any atom is 0.276 e. The van der Waals surface area contributed by atoms with E-state index < -0.39 is 11.8 Å². The van der Waals surface area contributed by atoms with Crippen LogP contribution in [0.25, 0.3) is 11.1 Å². The monoisotopic (exact) mass is 446 g/mol. The Morgan fingerprint density at radius 2 is 1.42 bits per heavy atom. The number of hydrogen-bond donors (Lipinski definition) is 2. The number of hydrogen-bond acceptors (Lipinski definition) is 4. The standard InChI is InChI=1S/C27H30N2O4/c1-2-3-4-12-19-32-25-18-11-9-16-23(25)27(31)29-28-26(30)20-33-24-17-10-8-15-22(24)21-13-6-5-7-14-21/h5-11,13-18H,2-4,12,19-20H2,1H3,(H,28,30)(H,29,31). The van der Waals surface area contributed by atoms with Gasteiger partial charge in [-0.25, -0.2) is 0 Å².